The predicted molar refractivity (Wildman–Crippen MR) is 107 cm³/mol. The van der Waals surface area contributed by atoms with Crippen molar-refractivity contribution in [2.75, 3.05) is 4.90 Å². The zero-order valence-corrected chi connectivity index (χ0v) is 16.7. The molecule has 2 aromatic rings. The van der Waals surface area contributed by atoms with E-state index in [1.54, 1.807) is 18.2 Å². The number of rotatable bonds is 2. The number of amides is 1. The van der Waals surface area contributed by atoms with Gasteiger partial charge >= 0.3 is 0 Å². The zero-order valence-electron chi connectivity index (χ0n) is 11.9. The highest BCUT2D eigenvalue weighted by molar-refractivity contribution is 9.11. The first-order valence-electron chi connectivity index (χ1n) is 6.63. The lowest BCUT2D eigenvalue weighted by Gasteiger charge is -2.13. The fourth-order valence-electron chi connectivity index (χ4n) is 2.14. The first-order chi connectivity index (χ1) is 11.4. The Balaban J connectivity index is 2.02. The third-order valence-corrected chi connectivity index (χ3v) is 5.95. The van der Waals surface area contributed by atoms with E-state index in [0.29, 0.717) is 24.9 Å². The SMILES string of the molecule is O=C1/C(=C/c2cc(Br)c(O)c(Br)c2O)SC(=S)N1c1ccccc1. The van der Waals surface area contributed by atoms with Gasteiger partial charge in [-0.3, -0.25) is 9.69 Å². The average molecular weight is 487 g/mol. The van der Waals surface area contributed by atoms with Gasteiger partial charge in [0.2, 0.25) is 0 Å². The summed E-state index contributed by atoms with van der Waals surface area (Å²) in [5.41, 5.74) is 1.08. The van der Waals surface area contributed by atoms with Crippen LogP contribution in [0.15, 0.2) is 50.2 Å². The Hall–Kier alpha value is -1.35. The highest BCUT2D eigenvalue weighted by Crippen LogP contribution is 2.43. The molecule has 0 unspecified atom stereocenters. The topological polar surface area (TPSA) is 60.8 Å². The molecule has 1 aliphatic heterocycles. The van der Waals surface area contributed by atoms with Gasteiger partial charge in [-0.2, -0.15) is 0 Å². The third-order valence-electron chi connectivity index (χ3n) is 3.29. The Kier molecular flexibility index (Phi) is 5.00. The fourth-order valence-corrected chi connectivity index (χ4v) is 4.58. The van der Waals surface area contributed by atoms with E-state index >= 15 is 0 Å². The number of nitrogens with zero attached hydrogens (tertiary/aromatic N) is 1. The molecule has 0 bridgehead atoms. The lowest BCUT2D eigenvalue weighted by molar-refractivity contribution is -0.113. The summed E-state index contributed by atoms with van der Waals surface area (Å²) in [6.07, 6.45) is 1.55. The van der Waals surface area contributed by atoms with Gasteiger partial charge in [0.15, 0.2) is 4.32 Å². The Morgan fingerprint density at radius 2 is 1.79 bits per heavy atom. The molecule has 1 fully saturated rings. The number of hydrogen-bond donors (Lipinski definition) is 2. The highest BCUT2D eigenvalue weighted by atomic mass is 79.9. The van der Waals surface area contributed by atoms with E-state index in [1.807, 2.05) is 18.2 Å². The van der Waals surface area contributed by atoms with E-state index in [2.05, 4.69) is 31.9 Å². The quantitative estimate of drug-likeness (QED) is 0.460. The lowest BCUT2D eigenvalue weighted by atomic mass is 10.1. The van der Waals surface area contributed by atoms with Crippen LogP contribution in [-0.4, -0.2) is 20.4 Å². The number of carbonyl (C=O) groups is 1. The van der Waals surface area contributed by atoms with E-state index < -0.39 is 0 Å². The standard InChI is InChI=1S/C16H9Br2NO3S2/c17-10-6-8(13(20)12(18)14(10)21)7-11-15(22)19(16(23)24-11)9-4-2-1-3-5-9/h1-7,20-21H/b11-7-. The molecule has 0 aliphatic carbocycles. The van der Waals surface area contributed by atoms with Gasteiger partial charge in [0.25, 0.3) is 5.91 Å². The molecule has 1 aliphatic rings. The monoisotopic (exact) mass is 485 g/mol. The molecule has 2 aromatic carbocycles. The van der Waals surface area contributed by atoms with Crippen LogP contribution in [0.5, 0.6) is 11.5 Å². The minimum absolute atomic E-state index is 0.110. The van der Waals surface area contributed by atoms with E-state index in [9.17, 15) is 15.0 Å². The summed E-state index contributed by atoms with van der Waals surface area (Å²) < 4.78 is 0.979. The van der Waals surface area contributed by atoms with Gasteiger partial charge in [0.1, 0.15) is 16.0 Å². The molecule has 3 rings (SSSR count). The maximum atomic E-state index is 12.7. The van der Waals surface area contributed by atoms with Gasteiger partial charge in [-0.25, -0.2) is 0 Å². The largest absolute Gasteiger partial charge is 0.506 e. The molecular formula is C16H9Br2NO3S2. The fraction of sp³-hybridized carbons (Fsp3) is 0. The predicted octanol–water partition coefficient (Wildman–Crippen LogP) is 5.03. The molecule has 0 radical (unpaired) electrons. The number of thiocarbonyl (C=S) groups is 1. The van der Waals surface area contributed by atoms with Crippen LogP contribution in [0.4, 0.5) is 5.69 Å². The molecule has 2 N–H and O–H groups in total. The average Bonchev–Trinajstić information content (AvgIpc) is 2.85. The number of hydrogen-bond acceptors (Lipinski definition) is 5. The van der Waals surface area contributed by atoms with Crippen LogP contribution in [0.1, 0.15) is 5.56 Å². The van der Waals surface area contributed by atoms with Crippen molar-refractivity contribution in [2.45, 2.75) is 0 Å². The summed E-state index contributed by atoms with van der Waals surface area (Å²) >= 11 is 12.8. The second kappa shape index (κ2) is 6.87. The van der Waals surface area contributed by atoms with Crippen LogP contribution in [0.2, 0.25) is 0 Å². The summed E-state index contributed by atoms with van der Waals surface area (Å²) in [4.78, 5) is 14.5. The van der Waals surface area contributed by atoms with Gasteiger partial charge in [-0.15, -0.1) is 0 Å². The molecule has 4 nitrogen and oxygen atoms in total. The molecule has 8 heteroatoms. The van der Waals surface area contributed by atoms with Gasteiger partial charge in [0, 0.05) is 5.56 Å². The Bertz CT molecular complexity index is 885. The van der Waals surface area contributed by atoms with Gasteiger partial charge in [0.05, 0.1) is 15.1 Å². The van der Waals surface area contributed by atoms with Crippen LogP contribution in [0.25, 0.3) is 6.08 Å². The van der Waals surface area contributed by atoms with Crippen molar-refractivity contribution >= 4 is 77.8 Å². The second-order valence-corrected chi connectivity index (χ2v) is 8.13. The van der Waals surface area contributed by atoms with Crippen molar-refractivity contribution in [1.29, 1.82) is 0 Å². The molecule has 1 heterocycles. The van der Waals surface area contributed by atoms with Gasteiger partial charge in [-0.05, 0) is 56.1 Å². The number of phenols is 2. The number of anilines is 1. The molecule has 0 spiro atoms. The molecule has 0 saturated carbocycles. The van der Waals surface area contributed by atoms with E-state index in [0.717, 1.165) is 11.8 Å². The van der Waals surface area contributed by atoms with Crippen molar-refractivity contribution in [2.24, 2.45) is 0 Å². The van der Waals surface area contributed by atoms with Gasteiger partial charge < -0.3 is 10.2 Å². The van der Waals surface area contributed by atoms with E-state index in [1.165, 1.54) is 11.0 Å². The van der Waals surface area contributed by atoms with Crippen molar-refractivity contribution in [3.05, 3.63) is 55.8 Å². The third kappa shape index (κ3) is 3.11. The second-order valence-electron chi connectivity index (χ2n) is 4.81. The summed E-state index contributed by atoms with van der Waals surface area (Å²) in [7, 11) is 0. The smallest absolute Gasteiger partial charge is 0.270 e. The van der Waals surface area contributed by atoms with E-state index in [-0.39, 0.29) is 21.9 Å². The van der Waals surface area contributed by atoms with Crippen LogP contribution < -0.4 is 4.90 Å². The molecule has 1 amide bonds. The van der Waals surface area contributed by atoms with Crippen LogP contribution in [0, 0.1) is 0 Å². The molecule has 24 heavy (non-hydrogen) atoms. The maximum absolute atomic E-state index is 12.7. The number of phenolic OH excluding ortho intramolecular Hbond substituents is 2. The molecule has 1 saturated heterocycles. The highest BCUT2D eigenvalue weighted by Gasteiger charge is 2.33. The van der Waals surface area contributed by atoms with E-state index in [4.69, 9.17) is 12.2 Å². The maximum Gasteiger partial charge on any atom is 0.270 e. The summed E-state index contributed by atoms with van der Waals surface area (Å²) in [5.74, 6) is -0.516. The van der Waals surface area contributed by atoms with Crippen molar-refractivity contribution in [3.8, 4) is 11.5 Å². The lowest BCUT2D eigenvalue weighted by Crippen LogP contribution is -2.27. The molecule has 122 valence electrons. The Morgan fingerprint density at radius 1 is 1.12 bits per heavy atom. The summed E-state index contributed by atoms with van der Waals surface area (Å²) in [6, 6.07) is 10.7. The minimum Gasteiger partial charge on any atom is -0.506 e. The zero-order chi connectivity index (χ0) is 17.4. The number of benzene rings is 2. The number of carbonyl (C=O) groups excluding carboxylic acids is 1. The number of aromatic hydroxyl groups is 2. The number of para-hydroxylation sites is 1. The Labute approximate surface area is 164 Å². The van der Waals surface area contributed by atoms with Crippen LogP contribution in [-0.2, 0) is 4.79 Å². The van der Waals surface area contributed by atoms with Crippen molar-refractivity contribution in [1.82, 2.24) is 0 Å². The number of halogens is 2. The molecular weight excluding hydrogens is 478 g/mol. The Morgan fingerprint density at radius 3 is 2.46 bits per heavy atom. The van der Waals surface area contributed by atoms with Gasteiger partial charge in [-0.1, -0.05) is 42.2 Å². The first-order valence-corrected chi connectivity index (χ1v) is 9.44. The molecule has 0 atom stereocenters. The summed E-state index contributed by atoms with van der Waals surface area (Å²) in [5, 5.41) is 19.9. The van der Waals surface area contributed by atoms with Crippen LogP contribution in [0.3, 0.4) is 0 Å². The van der Waals surface area contributed by atoms with Crippen molar-refractivity contribution < 1.29 is 15.0 Å². The first kappa shape index (κ1) is 17.5. The molecule has 0 aromatic heterocycles. The summed E-state index contributed by atoms with van der Waals surface area (Å²) in [6.45, 7) is 0. The van der Waals surface area contributed by atoms with Crippen LogP contribution >= 0.6 is 55.8 Å². The van der Waals surface area contributed by atoms with Crippen molar-refractivity contribution in [3.63, 3.8) is 0 Å². The number of thioether (sulfide) groups is 1. The minimum atomic E-state index is -0.254. The normalized spacial score (nSPS) is 16.2.